The van der Waals surface area contributed by atoms with Gasteiger partial charge in [-0.05, 0) is 0 Å². The van der Waals surface area contributed by atoms with Gasteiger partial charge in [0, 0.05) is 0 Å². The van der Waals surface area contributed by atoms with Gasteiger partial charge in [0.1, 0.15) is 0 Å². The number of hydrogen-bond acceptors (Lipinski definition) is 8. The summed E-state index contributed by atoms with van der Waals surface area (Å²) in [6.45, 7) is 3.30. The van der Waals surface area contributed by atoms with Crippen molar-refractivity contribution in [2.45, 2.75) is 32.0 Å². The Morgan fingerprint density at radius 1 is 1.18 bits per heavy atom. The third-order valence-corrected chi connectivity index (χ3v) is 9.89. The van der Waals surface area contributed by atoms with E-state index in [1.54, 1.807) is 19.1 Å². The van der Waals surface area contributed by atoms with Gasteiger partial charge in [0.2, 0.25) is 0 Å². The van der Waals surface area contributed by atoms with E-state index in [1.807, 2.05) is 21.5 Å². The number of amidine groups is 1. The summed E-state index contributed by atoms with van der Waals surface area (Å²) in [7, 11) is 1.92. The fraction of sp³-hybridized carbons (Fsp3) is 0.381. The van der Waals surface area contributed by atoms with Crippen molar-refractivity contribution >= 4 is 38.1 Å². The van der Waals surface area contributed by atoms with Crippen molar-refractivity contribution in [3.63, 3.8) is 0 Å². The number of allylic oxidation sites excluding steroid dienone is 2. The first-order chi connectivity index (χ1) is 16.2. The summed E-state index contributed by atoms with van der Waals surface area (Å²) in [5.74, 6) is -0.187. The maximum absolute atomic E-state index is 13.8. The molecule has 1 aromatic carbocycles. The second kappa shape index (κ2) is 8.92. The standard InChI is InChI=1S/C21H22F4IN7O/c1-13-29-30-20(34-13)32-10-7-15(8-11-32)27-26-28-19-16(4-3-9-33(19)31(26)2)14-5-6-18(22)17(12-14)21(23,24)25/h3-6,9,12,15,27H,7-8,10-11H2,1-2H3. The van der Waals surface area contributed by atoms with E-state index < -0.39 is 38.2 Å². The maximum atomic E-state index is 13.8. The van der Waals surface area contributed by atoms with Gasteiger partial charge in [-0.1, -0.05) is 0 Å². The SMILES string of the molecule is Cc1nnc(N2CCC(NI3N=C4C(c5ccc(F)c(C(F)(F)F)c5)=CC=CN4N3C)CC2)o1. The van der Waals surface area contributed by atoms with Crippen molar-refractivity contribution in [1.82, 2.24) is 22.0 Å². The van der Waals surface area contributed by atoms with Gasteiger partial charge in [0.05, 0.1) is 0 Å². The summed E-state index contributed by atoms with van der Waals surface area (Å²) in [6.07, 6.45) is 2.27. The number of aromatic nitrogens is 2. The van der Waals surface area contributed by atoms with Crippen LogP contribution in [0, 0.1) is 12.7 Å². The zero-order valence-corrected chi connectivity index (χ0v) is 20.5. The van der Waals surface area contributed by atoms with Crippen molar-refractivity contribution < 1.29 is 22.0 Å². The molecule has 1 saturated heterocycles. The Hall–Kier alpha value is -2.52. The van der Waals surface area contributed by atoms with E-state index in [1.165, 1.54) is 6.07 Å². The van der Waals surface area contributed by atoms with Crippen LogP contribution in [-0.2, 0) is 6.18 Å². The fourth-order valence-corrected chi connectivity index (χ4v) is 7.93. The number of aryl methyl sites for hydroxylation is 1. The Bertz CT molecular complexity index is 1170. The van der Waals surface area contributed by atoms with Crippen LogP contribution in [0.15, 0.2) is 44.2 Å². The Morgan fingerprint density at radius 2 is 1.94 bits per heavy atom. The minimum absolute atomic E-state index is 0.248. The summed E-state index contributed by atoms with van der Waals surface area (Å²) < 4.78 is 69.7. The summed E-state index contributed by atoms with van der Waals surface area (Å²) in [5, 5.41) is 9.80. The molecule has 4 heterocycles. The zero-order valence-electron chi connectivity index (χ0n) is 18.4. The molecule has 2 aromatic rings. The number of anilines is 1. The van der Waals surface area contributed by atoms with Gasteiger partial charge in [-0.3, -0.25) is 0 Å². The van der Waals surface area contributed by atoms with Gasteiger partial charge in [-0.25, -0.2) is 0 Å². The van der Waals surface area contributed by atoms with Crippen LogP contribution in [0.1, 0.15) is 29.9 Å². The second-order valence-electron chi connectivity index (χ2n) is 8.03. The third kappa shape index (κ3) is 4.43. The number of piperidine rings is 1. The molecule has 0 atom stereocenters. The van der Waals surface area contributed by atoms with E-state index in [0.29, 0.717) is 23.3 Å². The molecule has 34 heavy (non-hydrogen) atoms. The molecule has 13 heteroatoms. The normalized spacial score (nSPS) is 20.6. The van der Waals surface area contributed by atoms with Crippen molar-refractivity contribution in [2.75, 3.05) is 25.0 Å². The van der Waals surface area contributed by atoms with Crippen LogP contribution < -0.4 is 8.43 Å². The molecule has 3 aliphatic rings. The number of alkyl halides is 3. The minimum atomic E-state index is -4.77. The molecule has 182 valence electrons. The molecule has 0 aliphatic carbocycles. The number of hydrogen-bond donors (Lipinski definition) is 1. The number of nitrogens with one attached hydrogen (secondary N) is 1. The molecule has 1 aromatic heterocycles. The first-order valence-corrected chi connectivity index (χ1v) is 13.6. The molecule has 0 radical (unpaired) electrons. The predicted molar refractivity (Wildman–Crippen MR) is 127 cm³/mol. The molecule has 3 aliphatic heterocycles. The first-order valence-electron chi connectivity index (χ1n) is 10.6. The number of nitrogens with zero attached hydrogens (tertiary/aromatic N) is 6. The monoisotopic (exact) mass is 591 g/mol. The zero-order chi connectivity index (χ0) is 24.0. The van der Waals surface area contributed by atoms with Gasteiger partial charge in [0.15, 0.2) is 0 Å². The quantitative estimate of drug-likeness (QED) is 0.319. The van der Waals surface area contributed by atoms with E-state index >= 15 is 0 Å². The molecular formula is C21H22F4IN7O. The number of hydrazine groups is 1. The third-order valence-electron chi connectivity index (χ3n) is 5.75. The summed E-state index contributed by atoms with van der Waals surface area (Å²) in [6, 6.07) is 3.84. The molecule has 1 N–H and O–H groups in total. The van der Waals surface area contributed by atoms with Crippen LogP contribution >= 0.6 is 20.6 Å². The van der Waals surface area contributed by atoms with Gasteiger partial charge in [-0.2, -0.15) is 0 Å². The summed E-state index contributed by atoms with van der Waals surface area (Å²) >= 11 is -2.24. The molecule has 5 rings (SSSR count). The van der Waals surface area contributed by atoms with Gasteiger partial charge in [-0.15, -0.1) is 0 Å². The average Bonchev–Trinajstić information content (AvgIpc) is 3.37. The molecule has 1 fully saturated rings. The summed E-state index contributed by atoms with van der Waals surface area (Å²) in [4.78, 5) is 2.06. The molecule has 0 bridgehead atoms. The van der Waals surface area contributed by atoms with Gasteiger partial charge >= 0.3 is 202 Å². The van der Waals surface area contributed by atoms with Crippen LogP contribution in [-0.4, -0.2) is 50.4 Å². The van der Waals surface area contributed by atoms with Gasteiger partial charge in [0.25, 0.3) is 0 Å². The number of benzene rings is 1. The van der Waals surface area contributed by atoms with E-state index in [2.05, 4.69) is 18.6 Å². The van der Waals surface area contributed by atoms with E-state index in [0.717, 1.165) is 38.1 Å². The molecular weight excluding hydrogens is 569 g/mol. The molecule has 0 saturated carbocycles. The molecule has 0 spiro atoms. The Morgan fingerprint density at radius 3 is 2.62 bits per heavy atom. The van der Waals surface area contributed by atoms with Crippen molar-refractivity contribution in [1.29, 1.82) is 0 Å². The van der Waals surface area contributed by atoms with E-state index in [4.69, 9.17) is 7.62 Å². The number of rotatable bonds is 4. The van der Waals surface area contributed by atoms with Gasteiger partial charge < -0.3 is 0 Å². The average molecular weight is 591 g/mol. The molecule has 8 nitrogen and oxygen atoms in total. The Labute approximate surface area is 201 Å². The first kappa shape index (κ1) is 23.2. The van der Waals surface area contributed by atoms with Crippen LogP contribution in [0.2, 0.25) is 0 Å². The number of fused-ring (bicyclic) bond motifs is 1. The van der Waals surface area contributed by atoms with Crippen LogP contribution in [0.25, 0.3) is 5.57 Å². The van der Waals surface area contributed by atoms with E-state index in [-0.39, 0.29) is 11.6 Å². The van der Waals surface area contributed by atoms with Crippen molar-refractivity contribution in [3.05, 3.63) is 59.4 Å². The topological polar surface area (TPSA) is 73.0 Å². The van der Waals surface area contributed by atoms with E-state index in [9.17, 15) is 17.6 Å². The molecule has 0 unspecified atom stereocenters. The fourth-order valence-electron chi connectivity index (χ4n) is 3.97. The van der Waals surface area contributed by atoms with Crippen LogP contribution in [0.3, 0.4) is 0 Å². The van der Waals surface area contributed by atoms with Crippen molar-refractivity contribution in [3.8, 4) is 0 Å². The summed E-state index contributed by atoms with van der Waals surface area (Å²) in [5.41, 5.74) is -0.477. The van der Waals surface area contributed by atoms with Crippen LogP contribution in [0.5, 0.6) is 0 Å². The number of halogens is 5. The Balaban J connectivity index is 1.31. The van der Waals surface area contributed by atoms with Crippen molar-refractivity contribution in [2.24, 2.45) is 3.21 Å². The predicted octanol–water partition coefficient (Wildman–Crippen LogP) is 4.52. The second-order valence-corrected chi connectivity index (χ2v) is 11.9. The molecule has 0 amide bonds. The van der Waals surface area contributed by atoms with Crippen LogP contribution in [0.4, 0.5) is 23.6 Å². The Kier molecular flexibility index (Phi) is 6.10.